The molecule has 0 aromatic carbocycles. The summed E-state index contributed by atoms with van der Waals surface area (Å²) in [4.78, 5) is 5.17. The minimum atomic E-state index is 0.693. The third-order valence-corrected chi connectivity index (χ3v) is 5.19. The fourth-order valence-corrected chi connectivity index (χ4v) is 3.85. The van der Waals surface area contributed by atoms with Crippen LogP contribution in [-0.2, 0) is 0 Å². The molecule has 106 valence electrons. The van der Waals surface area contributed by atoms with Crippen molar-refractivity contribution in [2.75, 3.05) is 34.2 Å². The Kier molecular flexibility index (Phi) is 5.05. The molecule has 0 aromatic heterocycles. The molecule has 1 aliphatic carbocycles. The van der Waals surface area contributed by atoms with E-state index in [1.165, 1.54) is 45.2 Å². The Labute approximate surface area is 113 Å². The maximum Gasteiger partial charge on any atom is 0.0249 e. The lowest BCUT2D eigenvalue weighted by Crippen LogP contribution is -2.53. The molecule has 0 spiro atoms. The molecule has 2 rings (SSSR count). The molecule has 0 amide bonds. The van der Waals surface area contributed by atoms with Crippen molar-refractivity contribution in [2.45, 2.75) is 57.2 Å². The molecular formula is C15H31N3. The number of nitrogens with one attached hydrogen (secondary N) is 1. The fraction of sp³-hybridized carbons (Fsp3) is 1.00. The van der Waals surface area contributed by atoms with Gasteiger partial charge in [0.05, 0.1) is 0 Å². The SMILES string of the molecule is CNC1CCC(C)CC1N(C)CC1CCCN1C. The molecule has 0 aromatic rings. The van der Waals surface area contributed by atoms with Crippen molar-refractivity contribution in [2.24, 2.45) is 5.92 Å². The molecule has 0 radical (unpaired) electrons. The first-order valence-corrected chi connectivity index (χ1v) is 7.69. The molecular weight excluding hydrogens is 222 g/mol. The largest absolute Gasteiger partial charge is 0.315 e. The van der Waals surface area contributed by atoms with E-state index in [2.05, 4.69) is 43.2 Å². The molecule has 1 N–H and O–H groups in total. The van der Waals surface area contributed by atoms with Crippen LogP contribution in [0.25, 0.3) is 0 Å². The van der Waals surface area contributed by atoms with Crippen molar-refractivity contribution >= 4 is 0 Å². The Balaban J connectivity index is 1.90. The lowest BCUT2D eigenvalue weighted by Gasteiger charge is -2.41. The number of nitrogens with zero attached hydrogens (tertiary/aromatic N) is 2. The molecule has 18 heavy (non-hydrogen) atoms. The van der Waals surface area contributed by atoms with E-state index >= 15 is 0 Å². The average Bonchev–Trinajstić information content (AvgIpc) is 2.75. The van der Waals surface area contributed by atoms with Gasteiger partial charge in [-0.05, 0) is 65.7 Å². The van der Waals surface area contributed by atoms with E-state index in [0.29, 0.717) is 6.04 Å². The highest BCUT2D eigenvalue weighted by molar-refractivity contribution is 4.90. The number of likely N-dealkylation sites (tertiary alicyclic amines) is 1. The van der Waals surface area contributed by atoms with Crippen LogP contribution in [0.2, 0.25) is 0 Å². The van der Waals surface area contributed by atoms with Gasteiger partial charge in [0.15, 0.2) is 0 Å². The van der Waals surface area contributed by atoms with Gasteiger partial charge in [-0.25, -0.2) is 0 Å². The van der Waals surface area contributed by atoms with E-state index in [4.69, 9.17) is 0 Å². The highest BCUT2D eigenvalue weighted by Crippen LogP contribution is 2.28. The Hall–Kier alpha value is -0.120. The van der Waals surface area contributed by atoms with Gasteiger partial charge in [-0.1, -0.05) is 6.92 Å². The Morgan fingerprint density at radius 3 is 2.67 bits per heavy atom. The smallest absolute Gasteiger partial charge is 0.0249 e. The number of rotatable bonds is 4. The van der Waals surface area contributed by atoms with Gasteiger partial charge in [-0.2, -0.15) is 0 Å². The van der Waals surface area contributed by atoms with Crippen molar-refractivity contribution in [1.82, 2.24) is 15.1 Å². The second-order valence-corrected chi connectivity index (χ2v) is 6.60. The van der Waals surface area contributed by atoms with Crippen molar-refractivity contribution < 1.29 is 0 Å². The first-order valence-electron chi connectivity index (χ1n) is 7.69. The molecule has 1 heterocycles. The van der Waals surface area contributed by atoms with Gasteiger partial charge in [0, 0.05) is 24.7 Å². The summed E-state index contributed by atoms with van der Waals surface area (Å²) in [7, 11) is 6.74. The zero-order valence-electron chi connectivity index (χ0n) is 12.7. The van der Waals surface area contributed by atoms with Crippen LogP contribution in [0.1, 0.15) is 39.0 Å². The number of likely N-dealkylation sites (N-methyl/N-ethyl adjacent to an activating group) is 3. The lowest BCUT2D eigenvalue weighted by atomic mass is 9.82. The molecule has 2 fully saturated rings. The van der Waals surface area contributed by atoms with Gasteiger partial charge in [0.2, 0.25) is 0 Å². The van der Waals surface area contributed by atoms with E-state index in [9.17, 15) is 0 Å². The summed E-state index contributed by atoms with van der Waals surface area (Å²) >= 11 is 0. The Bertz CT molecular complexity index is 256. The number of hydrogen-bond acceptors (Lipinski definition) is 3. The normalized spacial score (nSPS) is 38.5. The van der Waals surface area contributed by atoms with Crippen LogP contribution in [0, 0.1) is 5.92 Å². The summed E-state index contributed by atoms with van der Waals surface area (Å²) < 4.78 is 0. The van der Waals surface area contributed by atoms with Crippen molar-refractivity contribution in [3.05, 3.63) is 0 Å². The minimum Gasteiger partial charge on any atom is -0.315 e. The first kappa shape index (κ1) is 14.3. The highest BCUT2D eigenvalue weighted by atomic mass is 15.2. The highest BCUT2D eigenvalue weighted by Gasteiger charge is 2.32. The molecule has 2 aliphatic rings. The Morgan fingerprint density at radius 2 is 2.06 bits per heavy atom. The van der Waals surface area contributed by atoms with Crippen LogP contribution in [0.5, 0.6) is 0 Å². The number of hydrogen-bond donors (Lipinski definition) is 1. The third-order valence-electron chi connectivity index (χ3n) is 5.19. The van der Waals surface area contributed by atoms with Crippen LogP contribution in [0.15, 0.2) is 0 Å². The monoisotopic (exact) mass is 253 g/mol. The zero-order valence-corrected chi connectivity index (χ0v) is 12.7. The second-order valence-electron chi connectivity index (χ2n) is 6.60. The van der Waals surface area contributed by atoms with E-state index in [1.807, 2.05) is 0 Å². The molecule has 4 unspecified atom stereocenters. The first-order chi connectivity index (χ1) is 8.61. The summed E-state index contributed by atoms with van der Waals surface area (Å²) in [6.45, 7) is 4.94. The molecule has 3 nitrogen and oxygen atoms in total. The van der Waals surface area contributed by atoms with Gasteiger partial charge in [0.1, 0.15) is 0 Å². The zero-order chi connectivity index (χ0) is 13.1. The standard InChI is InChI=1S/C15H31N3/c1-12-7-8-14(16-2)15(10-12)18(4)11-13-6-5-9-17(13)3/h12-16H,5-11H2,1-4H3. The van der Waals surface area contributed by atoms with Crippen LogP contribution >= 0.6 is 0 Å². The molecule has 1 aliphatic heterocycles. The van der Waals surface area contributed by atoms with Crippen molar-refractivity contribution in [3.63, 3.8) is 0 Å². The summed E-state index contributed by atoms with van der Waals surface area (Å²) in [6.07, 6.45) is 6.85. The van der Waals surface area contributed by atoms with Crippen molar-refractivity contribution in [1.29, 1.82) is 0 Å². The Morgan fingerprint density at radius 1 is 1.28 bits per heavy atom. The summed E-state index contributed by atoms with van der Waals surface area (Å²) in [6, 6.07) is 2.20. The van der Waals surface area contributed by atoms with Gasteiger partial charge < -0.3 is 15.1 Å². The maximum atomic E-state index is 3.54. The molecule has 0 bridgehead atoms. The van der Waals surface area contributed by atoms with E-state index in [-0.39, 0.29) is 0 Å². The third kappa shape index (κ3) is 3.25. The molecule has 1 saturated carbocycles. The summed E-state index contributed by atoms with van der Waals surface area (Å²) in [5.74, 6) is 0.892. The topological polar surface area (TPSA) is 18.5 Å². The van der Waals surface area contributed by atoms with Gasteiger partial charge in [-0.15, -0.1) is 0 Å². The second kappa shape index (κ2) is 6.36. The minimum absolute atomic E-state index is 0.693. The van der Waals surface area contributed by atoms with Crippen LogP contribution < -0.4 is 5.32 Å². The van der Waals surface area contributed by atoms with Gasteiger partial charge in [-0.3, -0.25) is 0 Å². The van der Waals surface area contributed by atoms with E-state index in [0.717, 1.165) is 18.0 Å². The van der Waals surface area contributed by atoms with E-state index in [1.54, 1.807) is 0 Å². The molecule has 3 heteroatoms. The predicted octanol–water partition coefficient (Wildman–Crippen LogP) is 1.79. The van der Waals surface area contributed by atoms with Crippen LogP contribution in [-0.4, -0.2) is 62.2 Å². The summed E-state index contributed by atoms with van der Waals surface area (Å²) in [5.41, 5.74) is 0. The van der Waals surface area contributed by atoms with Gasteiger partial charge in [0.25, 0.3) is 0 Å². The average molecular weight is 253 g/mol. The van der Waals surface area contributed by atoms with Crippen molar-refractivity contribution in [3.8, 4) is 0 Å². The maximum absolute atomic E-state index is 3.54. The molecule has 1 saturated heterocycles. The summed E-state index contributed by atoms with van der Waals surface area (Å²) in [5, 5.41) is 3.54. The lowest BCUT2D eigenvalue weighted by molar-refractivity contribution is 0.104. The quantitative estimate of drug-likeness (QED) is 0.824. The van der Waals surface area contributed by atoms with E-state index < -0.39 is 0 Å². The van der Waals surface area contributed by atoms with Crippen LogP contribution in [0.3, 0.4) is 0 Å². The van der Waals surface area contributed by atoms with Gasteiger partial charge >= 0.3 is 0 Å². The molecule has 4 atom stereocenters. The van der Waals surface area contributed by atoms with Crippen LogP contribution in [0.4, 0.5) is 0 Å². The fourth-order valence-electron chi connectivity index (χ4n) is 3.85. The predicted molar refractivity (Wildman–Crippen MR) is 77.9 cm³/mol.